The summed E-state index contributed by atoms with van der Waals surface area (Å²) < 4.78 is 27.2. The molecule has 28 heavy (non-hydrogen) atoms. The third kappa shape index (κ3) is 3.22. The van der Waals surface area contributed by atoms with Crippen LogP contribution in [0.5, 0.6) is 0 Å². The summed E-state index contributed by atoms with van der Waals surface area (Å²) in [4.78, 5) is 30.2. The van der Waals surface area contributed by atoms with Gasteiger partial charge < -0.3 is 0 Å². The molecular weight excluding hydrogens is 378 g/mol. The molecule has 3 heterocycles. The number of carbonyl (C=O) groups is 2. The highest BCUT2D eigenvalue weighted by Crippen LogP contribution is 2.25. The van der Waals surface area contributed by atoms with Crippen molar-refractivity contribution in [2.75, 3.05) is 13.1 Å². The van der Waals surface area contributed by atoms with E-state index >= 15 is 0 Å². The van der Waals surface area contributed by atoms with Gasteiger partial charge in [0.2, 0.25) is 10.0 Å². The van der Waals surface area contributed by atoms with Gasteiger partial charge in [0, 0.05) is 19.3 Å². The van der Waals surface area contributed by atoms with Crippen molar-refractivity contribution in [2.45, 2.75) is 31.2 Å². The van der Waals surface area contributed by atoms with Crippen LogP contribution in [0, 0.1) is 5.92 Å². The number of carbonyl (C=O) groups excluding carboxylic acids is 2. The Kier molecular flexibility index (Phi) is 4.76. The van der Waals surface area contributed by atoms with Crippen molar-refractivity contribution in [1.82, 2.24) is 14.2 Å². The zero-order valence-corrected chi connectivity index (χ0v) is 16.4. The Hall–Kier alpha value is -2.58. The van der Waals surface area contributed by atoms with Crippen LogP contribution in [-0.4, -0.2) is 47.5 Å². The fourth-order valence-electron chi connectivity index (χ4n) is 3.72. The Morgan fingerprint density at radius 2 is 1.86 bits per heavy atom. The Labute approximate surface area is 164 Å². The summed E-state index contributed by atoms with van der Waals surface area (Å²) in [7, 11) is -3.53. The minimum atomic E-state index is -3.53. The van der Waals surface area contributed by atoms with Crippen molar-refractivity contribution in [3.63, 3.8) is 0 Å². The maximum atomic E-state index is 12.8. The Bertz CT molecular complexity index is 999. The number of pyridine rings is 1. The van der Waals surface area contributed by atoms with E-state index in [1.807, 2.05) is 0 Å². The highest BCUT2D eigenvalue weighted by Gasteiger charge is 2.36. The SMILES string of the molecule is C[C@@H]1CCCN(S(=O)(=O)c2ccc(CN3C(=O)c4cccnc4C3=O)cc2)C1. The van der Waals surface area contributed by atoms with Crippen LogP contribution in [0.1, 0.15) is 46.2 Å². The molecule has 0 unspecified atom stereocenters. The van der Waals surface area contributed by atoms with Crippen molar-refractivity contribution < 1.29 is 18.0 Å². The first-order chi connectivity index (χ1) is 13.4. The zero-order chi connectivity index (χ0) is 19.9. The number of amides is 2. The number of imide groups is 1. The second-order valence-electron chi connectivity index (χ2n) is 7.35. The number of hydrogen-bond acceptors (Lipinski definition) is 5. The maximum absolute atomic E-state index is 12.8. The molecular formula is C20H21N3O4S. The normalized spacial score (nSPS) is 20.5. The van der Waals surface area contributed by atoms with Crippen LogP contribution in [-0.2, 0) is 16.6 Å². The largest absolute Gasteiger partial charge is 0.280 e. The lowest BCUT2D eigenvalue weighted by molar-refractivity contribution is 0.0640. The van der Waals surface area contributed by atoms with Crippen LogP contribution in [0.25, 0.3) is 0 Å². The smallest absolute Gasteiger partial charge is 0.268 e. The molecule has 2 aromatic rings. The number of nitrogens with zero attached hydrogens (tertiary/aromatic N) is 3. The number of rotatable bonds is 4. The van der Waals surface area contributed by atoms with Crippen molar-refractivity contribution >= 4 is 21.8 Å². The second-order valence-corrected chi connectivity index (χ2v) is 9.29. The van der Waals surface area contributed by atoms with E-state index in [0.717, 1.165) is 17.7 Å². The predicted molar refractivity (Wildman–Crippen MR) is 102 cm³/mol. The maximum Gasteiger partial charge on any atom is 0.280 e. The average molecular weight is 399 g/mol. The van der Waals surface area contributed by atoms with Gasteiger partial charge in [-0.2, -0.15) is 4.31 Å². The quantitative estimate of drug-likeness (QED) is 0.736. The minimum Gasteiger partial charge on any atom is -0.268 e. The Morgan fingerprint density at radius 3 is 2.54 bits per heavy atom. The van der Waals surface area contributed by atoms with Crippen molar-refractivity contribution in [2.24, 2.45) is 5.92 Å². The van der Waals surface area contributed by atoms with Gasteiger partial charge in [0.05, 0.1) is 17.0 Å². The monoisotopic (exact) mass is 399 g/mol. The Morgan fingerprint density at radius 1 is 1.11 bits per heavy atom. The molecule has 0 aliphatic carbocycles. The molecule has 2 aliphatic rings. The molecule has 0 radical (unpaired) electrons. The minimum absolute atomic E-state index is 0.0785. The fraction of sp³-hybridized carbons (Fsp3) is 0.350. The third-order valence-corrected chi connectivity index (χ3v) is 7.13. The van der Waals surface area contributed by atoms with Gasteiger partial charge >= 0.3 is 0 Å². The summed E-state index contributed by atoms with van der Waals surface area (Å²) in [6.07, 6.45) is 3.39. The van der Waals surface area contributed by atoms with Gasteiger partial charge in [-0.05, 0) is 48.6 Å². The predicted octanol–water partition coefficient (Wildman–Crippen LogP) is 2.30. The molecule has 0 N–H and O–H groups in total. The number of hydrogen-bond donors (Lipinski definition) is 0. The highest BCUT2D eigenvalue weighted by molar-refractivity contribution is 7.89. The first kappa shape index (κ1) is 18.8. The molecule has 0 saturated carbocycles. The summed E-state index contributed by atoms with van der Waals surface area (Å²) in [6.45, 7) is 3.21. The van der Waals surface area contributed by atoms with E-state index in [1.165, 1.54) is 10.5 Å². The lowest BCUT2D eigenvalue weighted by Crippen LogP contribution is -2.39. The Balaban J connectivity index is 1.52. The van der Waals surface area contributed by atoms with Gasteiger partial charge in [-0.15, -0.1) is 0 Å². The first-order valence-corrected chi connectivity index (χ1v) is 10.7. The van der Waals surface area contributed by atoms with E-state index in [2.05, 4.69) is 11.9 Å². The van der Waals surface area contributed by atoms with Crippen LogP contribution >= 0.6 is 0 Å². The molecule has 2 amide bonds. The van der Waals surface area contributed by atoms with Crippen molar-refractivity contribution in [3.05, 3.63) is 59.4 Å². The second kappa shape index (κ2) is 7.10. The average Bonchev–Trinajstić information content (AvgIpc) is 2.94. The van der Waals surface area contributed by atoms with E-state index in [0.29, 0.717) is 30.1 Å². The van der Waals surface area contributed by atoms with E-state index < -0.39 is 15.9 Å². The lowest BCUT2D eigenvalue weighted by atomic mass is 10.0. The van der Waals surface area contributed by atoms with Gasteiger partial charge in [0.25, 0.3) is 11.8 Å². The van der Waals surface area contributed by atoms with E-state index in [1.54, 1.807) is 36.4 Å². The van der Waals surface area contributed by atoms with Crippen LogP contribution in [0.15, 0.2) is 47.5 Å². The van der Waals surface area contributed by atoms with Gasteiger partial charge in [-0.1, -0.05) is 19.1 Å². The van der Waals surface area contributed by atoms with Crippen molar-refractivity contribution in [3.8, 4) is 0 Å². The van der Waals surface area contributed by atoms with E-state index in [9.17, 15) is 18.0 Å². The molecule has 1 aromatic carbocycles. The van der Waals surface area contributed by atoms with Gasteiger partial charge in [-0.25, -0.2) is 8.42 Å². The zero-order valence-electron chi connectivity index (χ0n) is 15.5. The molecule has 0 bridgehead atoms. The molecule has 1 saturated heterocycles. The van der Waals surface area contributed by atoms with E-state index in [-0.39, 0.29) is 23.0 Å². The standard InChI is InChI=1S/C20H21N3O4S/c1-14-4-3-11-22(12-14)28(26,27)16-8-6-15(7-9-16)13-23-19(24)17-5-2-10-21-18(17)20(23)25/h2,5-10,14H,3-4,11-13H2,1H3/t14-/m1/s1. The van der Waals surface area contributed by atoms with E-state index in [4.69, 9.17) is 0 Å². The summed E-state index contributed by atoms with van der Waals surface area (Å²) in [5.41, 5.74) is 1.14. The number of benzene rings is 1. The van der Waals surface area contributed by atoms with Crippen LogP contribution in [0.3, 0.4) is 0 Å². The molecule has 4 rings (SSSR count). The summed E-state index contributed by atoms with van der Waals surface area (Å²) in [6, 6.07) is 9.58. The molecule has 8 heteroatoms. The summed E-state index contributed by atoms with van der Waals surface area (Å²) in [5.74, 6) is -0.461. The number of fused-ring (bicyclic) bond motifs is 1. The summed E-state index contributed by atoms with van der Waals surface area (Å²) >= 11 is 0. The molecule has 7 nitrogen and oxygen atoms in total. The first-order valence-electron chi connectivity index (χ1n) is 9.28. The van der Waals surface area contributed by atoms with Crippen molar-refractivity contribution in [1.29, 1.82) is 0 Å². The van der Waals surface area contributed by atoms with Gasteiger partial charge in [-0.3, -0.25) is 19.5 Å². The third-order valence-electron chi connectivity index (χ3n) is 5.25. The number of aromatic nitrogens is 1. The topological polar surface area (TPSA) is 87.7 Å². The molecule has 0 spiro atoms. The van der Waals surface area contributed by atoms with Gasteiger partial charge in [0.1, 0.15) is 5.69 Å². The number of sulfonamides is 1. The number of piperidine rings is 1. The molecule has 146 valence electrons. The van der Waals surface area contributed by atoms with Crippen LogP contribution in [0.4, 0.5) is 0 Å². The molecule has 1 aromatic heterocycles. The van der Waals surface area contributed by atoms with Gasteiger partial charge in [0.15, 0.2) is 0 Å². The highest BCUT2D eigenvalue weighted by atomic mass is 32.2. The summed E-state index contributed by atoms with van der Waals surface area (Å²) in [5, 5.41) is 0. The molecule has 2 aliphatic heterocycles. The molecule has 1 atom stereocenters. The molecule has 1 fully saturated rings. The lowest BCUT2D eigenvalue weighted by Gasteiger charge is -2.30. The van der Waals surface area contributed by atoms with Crippen LogP contribution < -0.4 is 0 Å². The van der Waals surface area contributed by atoms with Crippen LogP contribution in [0.2, 0.25) is 0 Å². The fourth-order valence-corrected chi connectivity index (χ4v) is 5.32.